The Balaban J connectivity index is 1.86. The van der Waals surface area contributed by atoms with Crippen LogP contribution in [0.4, 0.5) is 0 Å². The van der Waals surface area contributed by atoms with Gasteiger partial charge in [-0.1, -0.05) is 6.42 Å². The van der Waals surface area contributed by atoms with E-state index in [0.717, 1.165) is 6.04 Å². The molecule has 3 heteroatoms. The molecule has 0 radical (unpaired) electrons. The minimum atomic E-state index is 0.656. The Morgan fingerprint density at radius 1 is 1.21 bits per heavy atom. The molecule has 0 aliphatic carbocycles. The summed E-state index contributed by atoms with van der Waals surface area (Å²) in [6, 6.07) is 1.43. The molecule has 2 bridgehead atoms. The first kappa shape index (κ1) is 8.36. The van der Waals surface area contributed by atoms with E-state index in [2.05, 4.69) is 15.3 Å². The Kier molecular flexibility index (Phi) is 1.98. The van der Waals surface area contributed by atoms with Gasteiger partial charge in [-0.3, -0.25) is 0 Å². The lowest BCUT2D eigenvalue weighted by atomic mass is 9.93. The summed E-state index contributed by atoms with van der Waals surface area (Å²) in [5.41, 5.74) is 1.31. The van der Waals surface area contributed by atoms with Crippen molar-refractivity contribution in [1.82, 2.24) is 15.3 Å². The fraction of sp³-hybridized carbons (Fsp3) is 0.636. The molecule has 1 aromatic heterocycles. The van der Waals surface area contributed by atoms with Crippen LogP contribution >= 0.6 is 0 Å². The second kappa shape index (κ2) is 3.31. The van der Waals surface area contributed by atoms with E-state index < -0.39 is 0 Å². The van der Waals surface area contributed by atoms with E-state index in [4.69, 9.17) is 0 Å². The van der Waals surface area contributed by atoms with Crippen LogP contribution in [0.1, 0.15) is 37.2 Å². The largest absolute Gasteiger partial charge is 0.311 e. The summed E-state index contributed by atoms with van der Waals surface area (Å²) in [4.78, 5) is 8.21. The van der Waals surface area contributed by atoms with Crippen LogP contribution in [-0.4, -0.2) is 22.1 Å². The first-order valence-electron chi connectivity index (χ1n) is 5.44. The van der Waals surface area contributed by atoms with Crippen molar-refractivity contribution < 1.29 is 0 Å². The minimum Gasteiger partial charge on any atom is -0.311 e. The molecular weight excluding hydrogens is 174 g/mol. The van der Waals surface area contributed by atoms with Crippen molar-refractivity contribution >= 4 is 0 Å². The van der Waals surface area contributed by atoms with Crippen molar-refractivity contribution in [2.24, 2.45) is 0 Å². The first-order valence-corrected chi connectivity index (χ1v) is 5.44. The highest BCUT2D eigenvalue weighted by Crippen LogP contribution is 2.37. The Bertz CT molecular complexity index is 312. The van der Waals surface area contributed by atoms with Gasteiger partial charge in [-0.2, -0.15) is 0 Å². The number of nitrogens with zero attached hydrogens (tertiary/aromatic N) is 2. The lowest BCUT2D eigenvalue weighted by Gasteiger charge is -2.22. The van der Waals surface area contributed by atoms with Gasteiger partial charge < -0.3 is 5.32 Å². The molecule has 0 saturated carbocycles. The maximum atomic E-state index is 4.10. The molecular formula is C11H15N3. The van der Waals surface area contributed by atoms with E-state index in [1.54, 1.807) is 6.33 Å². The van der Waals surface area contributed by atoms with Gasteiger partial charge in [0.1, 0.15) is 6.33 Å². The quantitative estimate of drug-likeness (QED) is 0.727. The molecule has 0 amide bonds. The molecule has 2 fully saturated rings. The van der Waals surface area contributed by atoms with Crippen molar-refractivity contribution in [2.75, 3.05) is 0 Å². The van der Waals surface area contributed by atoms with Crippen LogP contribution in [0.3, 0.4) is 0 Å². The van der Waals surface area contributed by atoms with Gasteiger partial charge >= 0.3 is 0 Å². The minimum absolute atomic E-state index is 0.656. The third kappa shape index (κ3) is 1.32. The molecule has 3 heterocycles. The van der Waals surface area contributed by atoms with Crippen LogP contribution in [0.5, 0.6) is 0 Å². The maximum absolute atomic E-state index is 4.10. The number of hydrogen-bond donors (Lipinski definition) is 1. The highest BCUT2D eigenvalue weighted by molar-refractivity contribution is 5.18. The zero-order valence-corrected chi connectivity index (χ0v) is 8.19. The predicted molar refractivity (Wildman–Crippen MR) is 54.0 cm³/mol. The summed E-state index contributed by atoms with van der Waals surface area (Å²) in [7, 11) is 0. The molecule has 3 nitrogen and oxygen atoms in total. The fourth-order valence-electron chi connectivity index (χ4n) is 2.90. The first-order chi connectivity index (χ1) is 6.93. The fourth-order valence-corrected chi connectivity index (χ4v) is 2.90. The summed E-state index contributed by atoms with van der Waals surface area (Å²) in [5, 5.41) is 3.68. The third-order valence-electron chi connectivity index (χ3n) is 3.55. The topological polar surface area (TPSA) is 37.8 Å². The molecule has 1 aromatic rings. The number of nitrogens with one attached hydrogen (secondary N) is 1. The molecule has 2 saturated heterocycles. The van der Waals surface area contributed by atoms with Gasteiger partial charge in [0.25, 0.3) is 0 Å². The average molecular weight is 189 g/mol. The van der Waals surface area contributed by atoms with Gasteiger partial charge in [0, 0.05) is 30.4 Å². The highest BCUT2D eigenvalue weighted by atomic mass is 15.0. The summed E-state index contributed by atoms with van der Waals surface area (Å²) in [6.45, 7) is 0. The molecule has 3 rings (SSSR count). The molecule has 0 spiro atoms. The summed E-state index contributed by atoms with van der Waals surface area (Å²) in [5.74, 6) is 0.656. The smallest absolute Gasteiger partial charge is 0.115 e. The zero-order chi connectivity index (χ0) is 9.38. The van der Waals surface area contributed by atoms with E-state index >= 15 is 0 Å². The standard InChI is InChI=1S/C11H15N3/c1-2-9-4-10(11(3-1)14-9)8-5-12-7-13-6-8/h5-7,9-11,14H,1-4H2. The molecule has 3 atom stereocenters. The number of hydrogen-bond acceptors (Lipinski definition) is 3. The number of rotatable bonds is 1. The molecule has 0 aromatic carbocycles. The van der Waals surface area contributed by atoms with Crippen LogP contribution in [0.25, 0.3) is 0 Å². The number of fused-ring (bicyclic) bond motifs is 2. The van der Waals surface area contributed by atoms with E-state index in [1.165, 1.54) is 31.2 Å². The normalized spacial score (nSPS) is 35.9. The Morgan fingerprint density at radius 3 is 2.86 bits per heavy atom. The van der Waals surface area contributed by atoms with Gasteiger partial charge in [-0.15, -0.1) is 0 Å². The van der Waals surface area contributed by atoms with Crippen molar-refractivity contribution in [3.63, 3.8) is 0 Å². The number of aromatic nitrogens is 2. The lowest BCUT2D eigenvalue weighted by molar-refractivity contribution is 0.397. The van der Waals surface area contributed by atoms with Crippen molar-refractivity contribution in [1.29, 1.82) is 0 Å². The molecule has 3 unspecified atom stereocenters. The van der Waals surface area contributed by atoms with Gasteiger partial charge in [0.15, 0.2) is 0 Å². The third-order valence-corrected chi connectivity index (χ3v) is 3.55. The highest BCUT2D eigenvalue weighted by Gasteiger charge is 2.37. The predicted octanol–water partition coefficient (Wildman–Crippen LogP) is 1.47. The van der Waals surface area contributed by atoms with Gasteiger partial charge in [-0.05, 0) is 24.8 Å². The van der Waals surface area contributed by atoms with Crippen LogP contribution < -0.4 is 5.32 Å². The van der Waals surface area contributed by atoms with Crippen LogP contribution in [-0.2, 0) is 0 Å². The Labute approximate surface area is 84.0 Å². The van der Waals surface area contributed by atoms with E-state index in [1.807, 2.05) is 12.4 Å². The number of piperidine rings is 1. The Morgan fingerprint density at radius 2 is 2.07 bits per heavy atom. The SMILES string of the molecule is c1ncc(C2CC3CCCC2N3)cn1. The van der Waals surface area contributed by atoms with Crippen LogP contribution in [0.15, 0.2) is 18.7 Å². The second-order valence-electron chi connectivity index (χ2n) is 4.41. The summed E-state index contributed by atoms with van der Waals surface area (Å²) in [6.07, 6.45) is 10.9. The monoisotopic (exact) mass is 189 g/mol. The zero-order valence-electron chi connectivity index (χ0n) is 8.19. The molecule has 2 aliphatic heterocycles. The van der Waals surface area contributed by atoms with Crippen LogP contribution in [0.2, 0.25) is 0 Å². The van der Waals surface area contributed by atoms with Gasteiger partial charge in [-0.25, -0.2) is 9.97 Å². The lowest BCUT2D eigenvalue weighted by Crippen LogP contribution is -2.34. The van der Waals surface area contributed by atoms with E-state index in [0.29, 0.717) is 12.0 Å². The second-order valence-corrected chi connectivity index (χ2v) is 4.41. The van der Waals surface area contributed by atoms with Crippen molar-refractivity contribution in [2.45, 2.75) is 43.7 Å². The van der Waals surface area contributed by atoms with Gasteiger partial charge in [0.2, 0.25) is 0 Å². The molecule has 1 N–H and O–H groups in total. The average Bonchev–Trinajstić information content (AvgIpc) is 2.55. The Hall–Kier alpha value is -0.960. The van der Waals surface area contributed by atoms with Crippen LogP contribution in [0, 0.1) is 0 Å². The van der Waals surface area contributed by atoms with E-state index in [9.17, 15) is 0 Å². The maximum Gasteiger partial charge on any atom is 0.115 e. The molecule has 74 valence electrons. The van der Waals surface area contributed by atoms with Crippen molar-refractivity contribution in [3.05, 3.63) is 24.3 Å². The molecule has 2 aliphatic rings. The van der Waals surface area contributed by atoms with Gasteiger partial charge in [0.05, 0.1) is 0 Å². The van der Waals surface area contributed by atoms with Crippen molar-refractivity contribution in [3.8, 4) is 0 Å². The van der Waals surface area contributed by atoms with E-state index in [-0.39, 0.29) is 0 Å². The molecule has 14 heavy (non-hydrogen) atoms. The summed E-state index contributed by atoms with van der Waals surface area (Å²) < 4.78 is 0. The summed E-state index contributed by atoms with van der Waals surface area (Å²) >= 11 is 0.